The molecule has 0 amide bonds. The van der Waals surface area contributed by atoms with Crippen LogP contribution in [-0.2, 0) is 0 Å². The molecule has 1 aromatic heterocycles. The number of aromatic nitrogens is 1. The SMILES string of the molecule is Cc1cnc(NCC2CCCCC2CN)c(Br)c1. The van der Waals surface area contributed by atoms with Gasteiger partial charge in [-0.1, -0.05) is 12.8 Å². The van der Waals surface area contributed by atoms with E-state index in [9.17, 15) is 0 Å². The molecule has 18 heavy (non-hydrogen) atoms. The first-order valence-corrected chi connectivity index (χ1v) is 7.56. The summed E-state index contributed by atoms with van der Waals surface area (Å²) in [5.41, 5.74) is 7.03. The Hall–Kier alpha value is -0.610. The van der Waals surface area contributed by atoms with Gasteiger partial charge in [0.25, 0.3) is 0 Å². The van der Waals surface area contributed by atoms with Crippen LogP contribution in [0.15, 0.2) is 16.7 Å². The molecule has 2 unspecified atom stereocenters. The molecule has 2 rings (SSSR count). The van der Waals surface area contributed by atoms with E-state index in [1.807, 2.05) is 13.1 Å². The zero-order chi connectivity index (χ0) is 13.0. The smallest absolute Gasteiger partial charge is 0.140 e. The quantitative estimate of drug-likeness (QED) is 0.896. The first-order chi connectivity index (χ1) is 8.70. The topological polar surface area (TPSA) is 50.9 Å². The molecule has 4 heteroatoms. The van der Waals surface area contributed by atoms with E-state index in [0.717, 1.165) is 23.4 Å². The van der Waals surface area contributed by atoms with Gasteiger partial charge in [0.2, 0.25) is 0 Å². The van der Waals surface area contributed by atoms with Crippen LogP contribution in [0, 0.1) is 18.8 Å². The van der Waals surface area contributed by atoms with E-state index in [-0.39, 0.29) is 0 Å². The second-order valence-corrected chi connectivity index (χ2v) is 6.12. The number of nitrogens with zero attached hydrogens (tertiary/aromatic N) is 1. The zero-order valence-corrected chi connectivity index (χ0v) is 12.5. The number of pyridine rings is 1. The van der Waals surface area contributed by atoms with Crippen LogP contribution in [0.4, 0.5) is 5.82 Å². The van der Waals surface area contributed by atoms with E-state index in [0.29, 0.717) is 11.8 Å². The average Bonchev–Trinajstić information content (AvgIpc) is 2.38. The Bertz CT molecular complexity index is 395. The molecular formula is C14H22BrN3. The van der Waals surface area contributed by atoms with Crippen molar-refractivity contribution < 1.29 is 0 Å². The van der Waals surface area contributed by atoms with Crippen LogP contribution in [0.3, 0.4) is 0 Å². The minimum absolute atomic E-state index is 0.676. The summed E-state index contributed by atoms with van der Waals surface area (Å²) in [5.74, 6) is 2.32. The Kier molecular flexibility index (Phi) is 5.01. The monoisotopic (exact) mass is 311 g/mol. The number of aryl methyl sites for hydroxylation is 1. The molecule has 1 aliphatic carbocycles. The van der Waals surface area contributed by atoms with Crippen molar-refractivity contribution in [2.45, 2.75) is 32.6 Å². The summed E-state index contributed by atoms with van der Waals surface area (Å²) >= 11 is 3.55. The number of nitrogens with two attached hydrogens (primary N) is 1. The lowest BCUT2D eigenvalue weighted by Crippen LogP contribution is -2.31. The van der Waals surface area contributed by atoms with Crippen molar-refractivity contribution >= 4 is 21.7 Å². The van der Waals surface area contributed by atoms with Gasteiger partial charge in [-0.25, -0.2) is 4.98 Å². The lowest BCUT2D eigenvalue weighted by atomic mass is 9.79. The zero-order valence-electron chi connectivity index (χ0n) is 11.0. The van der Waals surface area contributed by atoms with Crippen molar-refractivity contribution in [1.29, 1.82) is 0 Å². The summed E-state index contributed by atoms with van der Waals surface area (Å²) < 4.78 is 1.04. The van der Waals surface area contributed by atoms with Crippen molar-refractivity contribution in [3.05, 3.63) is 22.3 Å². The number of anilines is 1. The molecule has 1 fully saturated rings. The Balaban J connectivity index is 1.93. The minimum Gasteiger partial charge on any atom is -0.369 e. The fraction of sp³-hybridized carbons (Fsp3) is 0.643. The molecule has 1 aliphatic rings. The van der Waals surface area contributed by atoms with E-state index in [2.05, 4.69) is 32.3 Å². The van der Waals surface area contributed by atoms with Crippen LogP contribution < -0.4 is 11.1 Å². The van der Waals surface area contributed by atoms with Gasteiger partial charge in [-0.3, -0.25) is 0 Å². The fourth-order valence-corrected chi connectivity index (χ4v) is 3.36. The second kappa shape index (κ2) is 6.53. The number of nitrogens with one attached hydrogen (secondary N) is 1. The van der Waals surface area contributed by atoms with Crippen molar-refractivity contribution in [1.82, 2.24) is 4.98 Å². The summed E-state index contributed by atoms with van der Waals surface area (Å²) in [4.78, 5) is 4.42. The predicted molar refractivity (Wildman–Crippen MR) is 79.7 cm³/mol. The molecule has 2 atom stereocenters. The highest BCUT2D eigenvalue weighted by atomic mass is 79.9. The first kappa shape index (κ1) is 13.8. The van der Waals surface area contributed by atoms with Crippen LogP contribution in [-0.4, -0.2) is 18.1 Å². The highest BCUT2D eigenvalue weighted by molar-refractivity contribution is 9.10. The molecule has 0 aromatic carbocycles. The van der Waals surface area contributed by atoms with Gasteiger partial charge in [0.15, 0.2) is 0 Å². The maximum atomic E-state index is 5.86. The van der Waals surface area contributed by atoms with Crippen LogP contribution in [0.5, 0.6) is 0 Å². The molecule has 0 saturated heterocycles. The molecule has 1 aromatic rings. The predicted octanol–water partition coefficient (Wildman–Crippen LogP) is 3.33. The molecule has 3 N–H and O–H groups in total. The van der Waals surface area contributed by atoms with Gasteiger partial charge in [-0.15, -0.1) is 0 Å². The molecule has 100 valence electrons. The molecule has 0 spiro atoms. The number of halogens is 1. The van der Waals surface area contributed by atoms with Gasteiger partial charge in [0.05, 0.1) is 4.47 Å². The van der Waals surface area contributed by atoms with Crippen molar-refractivity contribution in [2.24, 2.45) is 17.6 Å². The lowest BCUT2D eigenvalue weighted by Gasteiger charge is -2.31. The van der Waals surface area contributed by atoms with Gasteiger partial charge in [-0.05, 0) is 65.7 Å². The molecule has 3 nitrogen and oxygen atoms in total. The third kappa shape index (κ3) is 3.45. The average molecular weight is 312 g/mol. The van der Waals surface area contributed by atoms with Crippen molar-refractivity contribution in [3.63, 3.8) is 0 Å². The van der Waals surface area contributed by atoms with Crippen LogP contribution in [0.25, 0.3) is 0 Å². The van der Waals surface area contributed by atoms with E-state index in [1.54, 1.807) is 0 Å². The Morgan fingerprint density at radius 1 is 1.39 bits per heavy atom. The Morgan fingerprint density at radius 3 is 2.78 bits per heavy atom. The summed E-state index contributed by atoms with van der Waals surface area (Å²) in [6.07, 6.45) is 7.15. The fourth-order valence-electron chi connectivity index (χ4n) is 2.75. The largest absolute Gasteiger partial charge is 0.369 e. The van der Waals surface area contributed by atoms with Gasteiger partial charge in [-0.2, -0.15) is 0 Å². The lowest BCUT2D eigenvalue weighted by molar-refractivity contribution is 0.255. The van der Waals surface area contributed by atoms with Crippen molar-refractivity contribution in [3.8, 4) is 0 Å². The van der Waals surface area contributed by atoms with E-state index in [1.165, 1.54) is 31.2 Å². The molecule has 0 bridgehead atoms. The summed E-state index contributed by atoms with van der Waals surface area (Å²) in [7, 11) is 0. The maximum Gasteiger partial charge on any atom is 0.140 e. The van der Waals surface area contributed by atoms with E-state index >= 15 is 0 Å². The van der Waals surface area contributed by atoms with Gasteiger partial charge >= 0.3 is 0 Å². The third-order valence-electron chi connectivity index (χ3n) is 3.88. The van der Waals surface area contributed by atoms with E-state index < -0.39 is 0 Å². The van der Waals surface area contributed by atoms with E-state index in [4.69, 9.17) is 5.73 Å². The van der Waals surface area contributed by atoms with Crippen LogP contribution in [0.2, 0.25) is 0 Å². The van der Waals surface area contributed by atoms with Gasteiger partial charge in [0.1, 0.15) is 5.82 Å². The normalized spacial score (nSPS) is 23.9. The summed E-state index contributed by atoms with van der Waals surface area (Å²) in [6, 6.07) is 2.09. The highest BCUT2D eigenvalue weighted by Crippen LogP contribution is 2.30. The molecular weight excluding hydrogens is 290 g/mol. The number of hydrogen-bond acceptors (Lipinski definition) is 3. The molecule has 0 aliphatic heterocycles. The number of rotatable bonds is 4. The van der Waals surface area contributed by atoms with Crippen LogP contribution >= 0.6 is 15.9 Å². The molecule has 1 heterocycles. The third-order valence-corrected chi connectivity index (χ3v) is 4.48. The highest BCUT2D eigenvalue weighted by Gasteiger charge is 2.23. The Labute approximate surface area is 118 Å². The molecule has 1 saturated carbocycles. The second-order valence-electron chi connectivity index (χ2n) is 5.26. The minimum atomic E-state index is 0.676. The van der Waals surface area contributed by atoms with Crippen molar-refractivity contribution in [2.75, 3.05) is 18.4 Å². The maximum absolute atomic E-state index is 5.86. The number of hydrogen-bond donors (Lipinski definition) is 2. The summed E-state index contributed by atoms with van der Waals surface area (Å²) in [6.45, 7) is 3.85. The molecule has 0 radical (unpaired) electrons. The van der Waals surface area contributed by atoms with Gasteiger partial charge in [0, 0.05) is 12.7 Å². The summed E-state index contributed by atoms with van der Waals surface area (Å²) in [5, 5.41) is 3.46. The standard InChI is InChI=1S/C14H22BrN3/c1-10-6-13(15)14(17-8-10)18-9-12-5-3-2-4-11(12)7-16/h6,8,11-12H,2-5,7,9,16H2,1H3,(H,17,18). The van der Waals surface area contributed by atoms with Gasteiger partial charge < -0.3 is 11.1 Å². The Morgan fingerprint density at radius 2 is 2.11 bits per heavy atom. The van der Waals surface area contributed by atoms with Crippen LogP contribution in [0.1, 0.15) is 31.2 Å². The first-order valence-electron chi connectivity index (χ1n) is 6.76.